The molecular weight excluding hydrogens is 304 g/mol. The molecule has 2 aliphatic heterocycles. The number of hydrogen-bond donors (Lipinski definition) is 1. The van der Waals surface area contributed by atoms with E-state index in [0.29, 0.717) is 19.2 Å². The van der Waals surface area contributed by atoms with Crippen molar-refractivity contribution in [1.29, 1.82) is 0 Å². The van der Waals surface area contributed by atoms with E-state index in [1.807, 2.05) is 14.0 Å². The van der Waals surface area contributed by atoms with E-state index in [-0.39, 0.29) is 11.9 Å². The predicted octanol–water partition coefficient (Wildman–Crippen LogP) is 1.71. The summed E-state index contributed by atoms with van der Waals surface area (Å²) in [5, 5.41) is 3.48. The van der Waals surface area contributed by atoms with E-state index in [1.165, 1.54) is 25.8 Å². The monoisotopic (exact) mass is 338 g/mol. The van der Waals surface area contributed by atoms with Crippen molar-refractivity contribution in [2.24, 2.45) is 10.9 Å². The number of esters is 1. The van der Waals surface area contributed by atoms with Gasteiger partial charge in [-0.2, -0.15) is 0 Å². The van der Waals surface area contributed by atoms with Crippen LogP contribution in [0.5, 0.6) is 0 Å². The third-order valence-corrected chi connectivity index (χ3v) is 5.18. The molecule has 0 spiro atoms. The number of aliphatic imine (C=N–C) groups is 1. The minimum atomic E-state index is -0.0696. The van der Waals surface area contributed by atoms with Gasteiger partial charge in [0.2, 0.25) is 0 Å². The highest BCUT2D eigenvalue weighted by atomic mass is 16.5. The number of carbonyl (C=O) groups excluding carboxylic acids is 1. The van der Waals surface area contributed by atoms with Crippen LogP contribution >= 0.6 is 0 Å². The van der Waals surface area contributed by atoms with Gasteiger partial charge in [-0.05, 0) is 46.1 Å². The Morgan fingerprint density at radius 3 is 2.79 bits per heavy atom. The largest absolute Gasteiger partial charge is 0.466 e. The summed E-state index contributed by atoms with van der Waals surface area (Å²) < 4.78 is 5.18. The summed E-state index contributed by atoms with van der Waals surface area (Å²) in [4.78, 5) is 21.2. The van der Waals surface area contributed by atoms with Gasteiger partial charge in [0, 0.05) is 39.3 Å². The van der Waals surface area contributed by atoms with Crippen LogP contribution in [0.4, 0.5) is 0 Å². The van der Waals surface area contributed by atoms with E-state index < -0.39 is 0 Å². The summed E-state index contributed by atoms with van der Waals surface area (Å²) in [5.41, 5.74) is 0. The zero-order valence-corrected chi connectivity index (χ0v) is 15.6. The van der Waals surface area contributed by atoms with E-state index in [2.05, 4.69) is 27.0 Å². The fourth-order valence-corrected chi connectivity index (χ4v) is 3.76. The van der Waals surface area contributed by atoms with Gasteiger partial charge < -0.3 is 15.0 Å². The van der Waals surface area contributed by atoms with Crippen LogP contribution in [0.1, 0.15) is 46.0 Å². The Hall–Kier alpha value is -1.30. The topological polar surface area (TPSA) is 57.2 Å². The maximum Gasteiger partial charge on any atom is 0.310 e. The maximum atomic E-state index is 12.0. The van der Waals surface area contributed by atoms with Crippen LogP contribution in [0.2, 0.25) is 0 Å². The lowest BCUT2D eigenvalue weighted by atomic mass is 9.98. The number of piperidine rings is 2. The third-order valence-electron chi connectivity index (χ3n) is 5.18. The molecule has 0 aromatic carbocycles. The van der Waals surface area contributed by atoms with Crippen molar-refractivity contribution in [3.8, 4) is 0 Å². The van der Waals surface area contributed by atoms with Gasteiger partial charge in [0.25, 0.3) is 0 Å². The van der Waals surface area contributed by atoms with Crippen molar-refractivity contribution >= 4 is 11.9 Å². The molecule has 1 N–H and O–H groups in total. The molecule has 6 heteroatoms. The first-order valence-corrected chi connectivity index (χ1v) is 9.52. The first-order valence-electron chi connectivity index (χ1n) is 9.52. The second-order valence-corrected chi connectivity index (χ2v) is 6.89. The average molecular weight is 338 g/mol. The molecule has 2 aliphatic rings. The van der Waals surface area contributed by atoms with Crippen LogP contribution in [0.15, 0.2) is 4.99 Å². The lowest BCUT2D eigenvalue weighted by Gasteiger charge is -2.35. The molecule has 0 radical (unpaired) electrons. The molecule has 0 aromatic rings. The van der Waals surface area contributed by atoms with Crippen molar-refractivity contribution in [3.05, 3.63) is 0 Å². The van der Waals surface area contributed by atoms with Gasteiger partial charge in [-0.1, -0.05) is 6.42 Å². The van der Waals surface area contributed by atoms with Crippen LogP contribution in [0.25, 0.3) is 0 Å². The Labute approximate surface area is 146 Å². The molecule has 2 rings (SSSR count). The van der Waals surface area contributed by atoms with Crippen molar-refractivity contribution in [1.82, 2.24) is 15.1 Å². The van der Waals surface area contributed by atoms with E-state index in [4.69, 9.17) is 4.74 Å². The minimum absolute atomic E-state index is 0.0284. The number of nitrogens with zero attached hydrogens (tertiary/aromatic N) is 3. The molecule has 0 bridgehead atoms. The zero-order valence-electron chi connectivity index (χ0n) is 15.6. The Morgan fingerprint density at radius 1 is 1.25 bits per heavy atom. The zero-order chi connectivity index (χ0) is 17.4. The highest BCUT2D eigenvalue weighted by molar-refractivity contribution is 5.81. The highest BCUT2D eigenvalue weighted by Crippen LogP contribution is 2.18. The SMILES string of the molecule is CCOC(=O)C1CCCN(C(=NC)NCCN2CCCCC2C)C1. The van der Waals surface area contributed by atoms with Gasteiger partial charge in [-0.3, -0.25) is 14.7 Å². The molecule has 24 heavy (non-hydrogen) atoms. The first-order chi connectivity index (χ1) is 11.7. The quantitative estimate of drug-likeness (QED) is 0.470. The molecule has 0 aliphatic carbocycles. The number of hydrogen-bond acceptors (Lipinski definition) is 4. The molecule has 2 unspecified atom stereocenters. The van der Waals surface area contributed by atoms with Crippen molar-refractivity contribution in [3.63, 3.8) is 0 Å². The Kier molecular flexibility index (Phi) is 7.82. The molecule has 2 heterocycles. The van der Waals surface area contributed by atoms with Crippen molar-refractivity contribution in [2.75, 3.05) is 46.4 Å². The normalized spacial score (nSPS) is 26.3. The third kappa shape index (κ3) is 5.36. The van der Waals surface area contributed by atoms with Gasteiger partial charge in [-0.15, -0.1) is 0 Å². The average Bonchev–Trinajstić information content (AvgIpc) is 2.60. The van der Waals surface area contributed by atoms with E-state index >= 15 is 0 Å². The van der Waals surface area contributed by atoms with Crippen LogP contribution in [0.3, 0.4) is 0 Å². The van der Waals surface area contributed by atoms with Gasteiger partial charge in [0.1, 0.15) is 0 Å². The Morgan fingerprint density at radius 2 is 2.08 bits per heavy atom. The molecule has 2 saturated heterocycles. The highest BCUT2D eigenvalue weighted by Gasteiger charge is 2.28. The van der Waals surface area contributed by atoms with Gasteiger partial charge in [0.05, 0.1) is 12.5 Å². The van der Waals surface area contributed by atoms with Crippen molar-refractivity contribution in [2.45, 2.75) is 52.0 Å². The summed E-state index contributed by atoms with van der Waals surface area (Å²) in [7, 11) is 1.82. The second-order valence-electron chi connectivity index (χ2n) is 6.89. The number of rotatable bonds is 5. The first kappa shape index (κ1) is 19.0. The fraction of sp³-hybridized carbons (Fsp3) is 0.889. The van der Waals surface area contributed by atoms with Crippen LogP contribution in [-0.2, 0) is 9.53 Å². The summed E-state index contributed by atoms with van der Waals surface area (Å²) in [6.45, 7) is 9.46. The van der Waals surface area contributed by atoms with Crippen LogP contribution in [0, 0.1) is 5.92 Å². The maximum absolute atomic E-state index is 12.0. The van der Waals surface area contributed by atoms with E-state index in [9.17, 15) is 4.79 Å². The molecule has 6 nitrogen and oxygen atoms in total. The smallest absolute Gasteiger partial charge is 0.310 e. The number of guanidine groups is 1. The Balaban J connectivity index is 1.79. The lowest BCUT2D eigenvalue weighted by Crippen LogP contribution is -2.50. The summed E-state index contributed by atoms with van der Waals surface area (Å²) in [6, 6.07) is 0.686. The molecule has 138 valence electrons. The second kappa shape index (κ2) is 9.87. The lowest BCUT2D eigenvalue weighted by molar-refractivity contribution is -0.149. The Bertz CT molecular complexity index is 427. The number of likely N-dealkylation sites (tertiary alicyclic amines) is 2. The van der Waals surface area contributed by atoms with Crippen molar-refractivity contribution < 1.29 is 9.53 Å². The van der Waals surface area contributed by atoms with Gasteiger partial charge in [0.15, 0.2) is 5.96 Å². The van der Waals surface area contributed by atoms with Gasteiger partial charge >= 0.3 is 5.97 Å². The summed E-state index contributed by atoms with van der Waals surface area (Å²) in [5.74, 6) is 0.813. The van der Waals surface area contributed by atoms with Gasteiger partial charge in [-0.25, -0.2) is 0 Å². The minimum Gasteiger partial charge on any atom is -0.466 e. The molecule has 0 aromatic heterocycles. The standard InChI is InChI=1S/C18H34N4O2/c1-4-24-17(23)16-9-7-12-22(14-16)18(19-3)20-10-13-21-11-6-5-8-15(21)2/h15-16H,4-14H2,1-3H3,(H,19,20). The number of nitrogens with one attached hydrogen (secondary N) is 1. The van der Waals surface area contributed by atoms with E-state index in [1.54, 1.807) is 0 Å². The summed E-state index contributed by atoms with van der Waals surface area (Å²) in [6.07, 6.45) is 5.90. The molecule has 2 atom stereocenters. The molecular formula is C18H34N4O2. The number of ether oxygens (including phenoxy) is 1. The summed E-state index contributed by atoms with van der Waals surface area (Å²) >= 11 is 0. The number of carbonyl (C=O) groups is 1. The van der Waals surface area contributed by atoms with Crippen LogP contribution < -0.4 is 5.32 Å². The molecule has 2 fully saturated rings. The fourth-order valence-electron chi connectivity index (χ4n) is 3.76. The molecule has 0 saturated carbocycles. The molecule has 0 amide bonds. The van der Waals surface area contributed by atoms with Crippen LogP contribution in [-0.4, -0.2) is 74.1 Å². The van der Waals surface area contributed by atoms with E-state index in [0.717, 1.165) is 38.4 Å². The predicted molar refractivity (Wildman–Crippen MR) is 97.2 cm³/mol.